The first-order valence-corrected chi connectivity index (χ1v) is 6.04. The van der Waals surface area contributed by atoms with Crippen molar-refractivity contribution in [2.45, 2.75) is 6.42 Å². The molecule has 0 aromatic heterocycles. The molecular weight excluding hydrogens is 184 g/mol. The van der Waals surface area contributed by atoms with Crippen LogP contribution in [0.3, 0.4) is 0 Å². The molecule has 68 valence electrons. The average Bonchev–Trinajstić information content (AvgIpc) is 2.24. The van der Waals surface area contributed by atoms with E-state index < -0.39 is 0 Å². The molecule has 0 radical (unpaired) electrons. The van der Waals surface area contributed by atoms with E-state index in [1.165, 1.54) is 21.9 Å². The monoisotopic (exact) mass is 196 g/mol. The molecule has 1 aliphatic carbocycles. The molecule has 0 N–H and O–H groups in total. The van der Waals surface area contributed by atoms with Gasteiger partial charge in [-0.15, -0.1) is 0 Å². The van der Waals surface area contributed by atoms with Gasteiger partial charge in [-0.25, -0.2) is 0 Å². The van der Waals surface area contributed by atoms with Gasteiger partial charge in [-0.2, -0.15) is 0 Å². The third-order valence-electron chi connectivity index (χ3n) is 3.04. The number of allylic oxidation sites excluding steroid dienone is 1. The maximum absolute atomic E-state index is 2.38. The molecule has 0 bridgehead atoms. The van der Waals surface area contributed by atoms with Crippen LogP contribution in [0.15, 0.2) is 42.5 Å². The standard InChI is InChI=1S/C13H12Si/c14-12-8-7-10-4-1-3-9-5-2-6-11(12)13(9)10/h1-6,8H,7H2,14H3. The van der Waals surface area contributed by atoms with Gasteiger partial charge in [-0.05, 0) is 28.3 Å². The zero-order valence-electron chi connectivity index (χ0n) is 8.25. The molecule has 14 heavy (non-hydrogen) atoms. The summed E-state index contributed by atoms with van der Waals surface area (Å²) in [5.41, 5.74) is 2.95. The lowest BCUT2D eigenvalue weighted by molar-refractivity contribution is 1.29. The summed E-state index contributed by atoms with van der Waals surface area (Å²) in [6.45, 7) is 0. The Morgan fingerprint density at radius 2 is 1.79 bits per heavy atom. The quantitative estimate of drug-likeness (QED) is 0.566. The summed E-state index contributed by atoms with van der Waals surface area (Å²) < 4.78 is 0. The van der Waals surface area contributed by atoms with Crippen molar-refractivity contribution >= 4 is 26.2 Å². The molecule has 1 heteroatoms. The van der Waals surface area contributed by atoms with E-state index in [0.717, 1.165) is 16.7 Å². The third-order valence-corrected chi connectivity index (χ3v) is 3.99. The second-order valence-corrected chi connectivity index (χ2v) is 4.99. The minimum Gasteiger partial charge on any atom is -0.0813 e. The van der Waals surface area contributed by atoms with Gasteiger partial charge in [0.25, 0.3) is 0 Å². The van der Waals surface area contributed by atoms with E-state index in [0.29, 0.717) is 0 Å². The van der Waals surface area contributed by atoms with Crippen LogP contribution in [0.1, 0.15) is 11.1 Å². The van der Waals surface area contributed by atoms with Crippen LogP contribution in [0.5, 0.6) is 0 Å². The molecule has 0 amide bonds. The van der Waals surface area contributed by atoms with Crippen molar-refractivity contribution in [2.24, 2.45) is 0 Å². The fourth-order valence-electron chi connectivity index (χ4n) is 2.29. The zero-order chi connectivity index (χ0) is 9.54. The molecule has 0 heterocycles. The highest BCUT2D eigenvalue weighted by Crippen LogP contribution is 2.31. The lowest BCUT2D eigenvalue weighted by Crippen LogP contribution is -1.97. The van der Waals surface area contributed by atoms with E-state index in [4.69, 9.17) is 0 Å². The second kappa shape index (κ2) is 2.82. The first-order valence-electron chi connectivity index (χ1n) is 5.04. The van der Waals surface area contributed by atoms with Crippen LogP contribution < -0.4 is 0 Å². The van der Waals surface area contributed by atoms with Crippen molar-refractivity contribution in [1.29, 1.82) is 0 Å². The minimum absolute atomic E-state index is 1.12. The SMILES string of the molecule is [SiH3]C1=CCc2cccc3cccc1c23. The molecule has 1 aliphatic rings. The fraction of sp³-hybridized carbons (Fsp3) is 0.0769. The van der Waals surface area contributed by atoms with E-state index in [9.17, 15) is 0 Å². The van der Waals surface area contributed by atoms with Gasteiger partial charge in [-0.3, -0.25) is 0 Å². The van der Waals surface area contributed by atoms with Crippen molar-refractivity contribution in [1.82, 2.24) is 0 Å². The van der Waals surface area contributed by atoms with Crippen LogP contribution in [0.25, 0.3) is 16.0 Å². The van der Waals surface area contributed by atoms with Crippen LogP contribution in [0, 0.1) is 0 Å². The largest absolute Gasteiger partial charge is 0.0813 e. The summed E-state index contributed by atoms with van der Waals surface area (Å²) in [5.74, 6) is 0. The Bertz CT molecular complexity index is 533. The highest BCUT2D eigenvalue weighted by molar-refractivity contribution is 6.44. The molecule has 2 aromatic rings. The van der Waals surface area contributed by atoms with Crippen LogP contribution in [0.4, 0.5) is 0 Å². The number of rotatable bonds is 0. The normalized spacial score (nSPS) is 14.4. The van der Waals surface area contributed by atoms with Crippen LogP contribution >= 0.6 is 0 Å². The molecule has 0 spiro atoms. The molecule has 0 saturated carbocycles. The zero-order valence-corrected chi connectivity index (χ0v) is 10.2. The molecule has 0 fully saturated rings. The van der Waals surface area contributed by atoms with Crippen LogP contribution in [-0.4, -0.2) is 10.2 Å². The number of hydrogen-bond acceptors (Lipinski definition) is 0. The topological polar surface area (TPSA) is 0 Å². The average molecular weight is 196 g/mol. The summed E-state index contributed by atoms with van der Waals surface area (Å²) in [4.78, 5) is 0. The van der Waals surface area contributed by atoms with Gasteiger partial charge in [0.2, 0.25) is 0 Å². The summed E-state index contributed by atoms with van der Waals surface area (Å²) in [5, 5.41) is 4.43. The Morgan fingerprint density at radius 1 is 1.00 bits per heavy atom. The third kappa shape index (κ3) is 0.992. The van der Waals surface area contributed by atoms with E-state index in [1.54, 1.807) is 5.20 Å². The Kier molecular flexibility index (Phi) is 1.61. The summed E-state index contributed by atoms with van der Waals surface area (Å²) in [7, 11) is 1.15. The lowest BCUT2D eigenvalue weighted by Gasteiger charge is -2.16. The first kappa shape index (κ1) is 8.01. The van der Waals surface area contributed by atoms with Gasteiger partial charge in [0, 0.05) is 10.2 Å². The van der Waals surface area contributed by atoms with Gasteiger partial charge < -0.3 is 0 Å². The smallest absolute Gasteiger partial charge is 0.0389 e. The van der Waals surface area contributed by atoms with Crippen molar-refractivity contribution in [2.75, 3.05) is 0 Å². The Morgan fingerprint density at radius 3 is 2.64 bits per heavy atom. The van der Waals surface area contributed by atoms with Gasteiger partial charge in [0.15, 0.2) is 0 Å². The molecule has 0 saturated heterocycles. The number of hydrogen-bond donors (Lipinski definition) is 0. The molecule has 3 rings (SSSR count). The highest BCUT2D eigenvalue weighted by atomic mass is 28.1. The van der Waals surface area contributed by atoms with Gasteiger partial charge in [0.05, 0.1) is 0 Å². The summed E-state index contributed by atoms with van der Waals surface area (Å²) in [6, 6.07) is 13.2. The molecule has 0 nitrogen and oxygen atoms in total. The Balaban J connectivity index is 2.52. The first-order chi connectivity index (χ1) is 6.86. The van der Waals surface area contributed by atoms with Crippen LogP contribution in [-0.2, 0) is 6.42 Å². The predicted molar refractivity (Wildman–Crippen MR) is 65.6 cm³/mol. The molecule has 0 aliphatic heterocycles. The molecule has 0 unspecified atom stereocenters. The number of benzene rings is 2. The molecule has 2 aromatic carbocycles. The van der Waals surface area contributed by atoms with E-state index in [2.05, 4.69) is 42.5 Å². The Hall–Kier alpha value is -1.34. The predicted octanol–water partition coefficient (Wildman–Crippen LogP) is 2.10. The van der Waals surface area contributed by atoms with E-state index >= 15 is 0 Å². The molecule has 0 atom stereocenters. The maximum atomic E-state index is 2.38. The lowest BCUT2D eigenvalue weighted by atomic mass is 9.93. The van der Waals surface area contributed by atoms with Gasteiger partial charge in [0.1, 0.15) is 0 Å². The minimum atomic E-state index is 1.12. The van der Waals surface area contributed by atoms with Gasteiger partial charge in [-0.1, -0.05) is 47.7 Å². The summed E-state index contributed by atoms with van der Waals surface area (Å²) in [6.07, 6.45) is 3.50. The Labute approximate surface area is 86.7 Å². The highest BCUT2D eigenvalue weighted by Gasteiger charge is 2.10. The van der Waals surface area contributed by atoms with Gasteiger partial charge >= 0.3 is 0 Å². The van der Waals surface area contributed by atoms with Crippen LogP contribution in [0.2, 0.25) is 0 Å². The van der Waals surface area contributed by atoms with Crippen molar-refractivity contribution in [3.63, 3.8) is 0 Å². The second-order valence-electron chi connectivity index (χ2n) is 3.91. The fourth-order valence-corrected chi connectivity index (χ4v) is 2.91. The van der Waals surface area contributed by atoms with Crippen molar-refractivity contribution < 1.29 is 0 Å². The van der Waals surface area contributed by atoms with Crippen molar-refractivity contribution in [3.05, 3.63) is 53.6 Å². The maximum Gasteiger partial charge on any atom is 0.0389 e. The molecular formula is C13H12Si. The van der Waals surface area contributed by atoms with E-state index in [-0.39, 0.29) is 0 Å². The van der Waals surface area contributed by atoms with Crippen molar-refractivity contribution in [3.8, 4) is 0 Å². The summed E-state index contributed by atoms with van der Waals surface area (Å²) >= 11 is 0. The van der Waals surface area contributed by atoms with E-state index in [1.807, 2.05) is 0 Å².